The highest BCUT2D eigenvalue weighted by Crippen LogP contribution is 2.10. The minimum Gasteiger partial charge on any atom is -0.354 e. The SMILES string of the molecule is CCC(CC)C(=O)NCC(Cl)C(C)C. The maximum Gasteiger partial charge on any atom is 0.223 e. The van der Waals surface area contributed by atoms with Gasteiger partial charge in [-0.3, -0.25) is 4.79 Å². The zero-order chi connectivity index (χ0) is 11.1. The van der Waals surface area contributed by atoms with Crippen molar-refractivity contribution in [2.24, 2.45) is 11.8 Å². The molecule has 84 valence electrons. The molecule has 3 heteroatoms. The summed E-state index contributed by atoms with van der Waals surface area (Å²) in [7, 11) is 0. The van der Waals surface area contributed by atoms with Gasteiger partial charge in [0.25, 0.3) is 0 Å². The Bertz CT molecular complexity index is 167. The van der Waals surface area contributed by atoms with Crippen LogP contribution in [-0.4, -0.2) is 17.8 Å². The normalized spacial score (nSPS) is 13.4. The van der Waals surface area contributed by atoms with Crippen LogP contribution in [0.3, 0.4) is 0 Å². The number of alkyl halides is 1. The lowest BCUT2D eigenvalue weighted by Gasteiger charge is -2.17. The van der Waals surface area contributed by atoms with Gasteiger partial charge in [-0.25, -0.2) is 0 Å². The molecule has 0 aliphatic heterocycles. The summed E-state index contributed by atoms with van der Waals surface area (Å²) in [5.74, 6) is 0.686. The van der Waals surface area contributed by atoms with Gasteiger partial charge >= 0.3 is 0 Å². The molecule has 0 saturated carbocycles. The lowest BCUT2D eigenvalue weighted by molar-refractivity contribution is -0.125. The van der Waals surface area contributed by atoms with Gasteiger partial charge in [0, 0.05) is 12.5 Å². The van der Waals surface area contributed by atoms with Crippen LogP contribution in [0.4, 0.5) is 0 Å². The molecule has 1 N–H and O–H groups in total. The first-order valence-corrected chi connectivity index (χ1v) is 5.88. The fraction of sp³-hybridized carbons (Fsp3) is 0.909. The van der Waals surface area contributed by atoms with Gasteiger partial charge in [-0.15, -0.1) is 11.6 Å². The van der Waals surface area contributed by atoms with E-state index in [1.54, 1.807) is 0 Å². The van der Waals surface area contributed by atoms with E-state index >= 15 is 0 Å². The van der Waals surface area contributed by atoms with Crippen molar-refractivity contribution in [3.8, 4) is 0 Å². The monoisotopic (exact) mass is 219 g/mol. The van der Waals surface area contributed by atoms with Crippen LogP contribution in [0.2, 0.25) is 0 Å². The topological polar surface area (TPSA) is 29.1 Å². The molecule has 0 aromatic carbocycles. The van der Waals surface area contributed by atoms with Crippen LogP contribution in [0.5, 0.6) is 0 Å². The zero-order valence-corrected chi connectivity index (χ0v) is 10.4. The summed E-state index contributed by atoms with van der Waals surface area (Å²) in [6.07, 6.45) is 1.80. The van der Waals surface area contributed by atoms with Crippen molar-refractivity contribution in [3.05, 3.63) is 0 Å². The Hall–Kier alpha value is -0.240. The molecule has 0 fully saturated rings. The number of halogens is 1. The van der Waals surface area contributed by atoms with E-state index in [0.717, 1.165) is 12.8 Å². The Morgan fingerprint density at radius 2 is 1.79 bits per heavy atom. The number of hydrogen-bond donors (Lipinski definition) is 1. The fourth-order valence-corrected chi connectivity index (χ4v) is 1.31. The van der Waals surface area contributed by atoms with E-state index in [9.17, 15) is 4.79 Å². The van der Waals surface area contributed by atoms with Crippen molar-refractivity contribution in [3.63, 3.8) is 0 Å². The molecule has 1 atom stereocenters. The lowest BCUT2D eigenvalue weighted by atomic mass is 10.0. The molecule has 2 nitrogen and oxygen atoms in total. The van der Waals surface area contributed by atoms with Crippen LogP contribution in [0.15, 0.2) is 0 Å². The highest BCUT2D eigenvalue weighted by atomic mass is 35.5. The predicted molar refractivity (Wildman–Crippen MR) is 61.6 cm³/mol. The number of carbonyl (C=O) groups is 1. The Balaban J connectivity index is 3.83. The van der Waals surface area contributed by atoms with Crippen LogP contribution in [-0.2, 0) is 4.79 Å². The standard InChI is InChI=1S/C11H22ClNO/c1-5-9(6-2)11(14)13-7-10(12)8(3)4/h8-10H,5-7H2,1-4H3,(H,13,14). The van der Waals surface area contributed by atoms with Crippen LogP contribution in [0.25, 0.3) is 0 Å². The number of rotatable bonds is 6. The molecule has 0 heterocycles. The summed E-state index contributed by atoms with van der Waals surface area (Å²) in [5, 5.41) is 2.93. The molecular formula is C11H22ClNO. The Morgan fingerprint density at radius 1 is 1.29 bits per heavy atom. The van der Waals surface area contributed by atoms with Crippen molar-refractivity contribution in [1.29, 1.82) is 0 Å². The highest BCUT2D eigenvalue weighted by Gasteiger charge is 2.16. The van der Waals surface area contributed by atoms with Gasteiger partial charge in [0.05, 0.1) is 5.38 Å². The van der Waals surface area contributed by atoms with Gasteiger partial charge in [-0.2, -0.15) is 0 Å². The zero-order valence-electron chi connectivity index (χ0n) is 9.64. The third-order valence-corrected chi connectivity index (χ3v) is 3.21. The number of hydrogen-bond acceptors (Lipinski definition) is 1. The summed E-state index contributed by atoms with van der Waals surface area (Å²) in [6, 6.07) is 0. The summed E-state index contributed by atoms with van der Waals surface area (Å²) in [6.45, 7) is 8.76. The van der Waals surface area contributed by atoms with E-state index in [1.165, 1.54) is 0 Å². The minimum atomic E-state index is 0.0355. The van der Waals surface area contributed by atoms with Crippen LogP contribution >= 0.6 is 11.6 Å². The summed E-state index contributed by atoms with van der Waals surface area (Å²) < 4.78 is 0. The van der Waals surface area contributed by atoms with E-state index in [1.807, 2.05) is 13.8 Å². The van der Waals surface area contributed by atoms with Gasteiger partial charge in [-0.05, 0) is 18.8 Å². The highest BCUT2D eigenvalue weighted by molar-refractivity contribution is 6.21. The molecule has 0 aromatic heterocycles. The molecule has 0 aromatic rings. The van der Waals surface area contributed by atoms with Crippen LogP contribution in [0, 0.1) is 11.8 Å². The summed E-state index contributed by atoms with van der Waals surface area (Å²) in [5.41, 5.74) is 0. The molecule has 0 aliphatic carbocycles. The maximum atomic E-state index is 11.6. The van der Waals surface area contributed by atoms with Gasteiger partial charge < -0.3 is 5.32 Å². The van der Waals surface area contributed by atoms with Crippen molar-refractivity contribution in [2.45, 2.75) is 45.9 Å². The summed E-state index contributed by atoms with van der Waals surface area (Å²) in [4.78, 5) is 11.6. The average molecular weight is 220 g/mol. The molecule has 14 heavy (non-hydrogen) atoms. The number of carbonyl (C=O) groups excluding carboxylic acids is 1. The third-order valence-electron chi connectivity index (χ3n) is 2.55. The average Bonchev–Trinajstić information content (AvgIpc) is 2.15. The molecule has 0 saturated heterocycles. The second-order valence-electron chi connectivity index (χ2n) is 4.02. The number of nitrogens with one attached hydrogen (secondary N) is 1. The first kappa shape index (κ1) is 13.8. The van der Waals surface area contributed by atoms with E-state index in [2.05, 4.69) is 19.2 Å². The molecule has 0 bridgehead atoms. The van der Waals surface area contributed by atoms with Crippen molar-refractivity contribution in [1.82, 2.24) is 5.32 Å². The largest absolute Gasteiger partial charge is 0.354 e. The number of amides is 1. The molecule has 0 radical (unpaired) electrons. The quantitative estimate of drug-likeness (QED) is 0.684. The third kappa shape index (κ3) is 4.85. The van der Waals surface area contributed by atoms with Gasteiger partial charge in [0.1, 0.15) is 0 Å². The van der Waals surface area contributed by atoms with E-state index < -0.39 is 0 Å². The summed E-state index contributed by atoms with van der Waals surface area (Å²) >= 11 is 6.04. The lowest BCUT2D eigenvalue weighted by Crippen LogP contribution is -2.35. The van der Waals surface area contributed by atoms with Crippen molar-refractivity contribution >= 4 is 17.5 Å². The van der Waals surface area contributed by atoms with E-state index in [-0.39, 0.29) is 17.2 Å². The van der Waals surface area contributed by atoms with Gasteiger partial charge in [0.2, 0.25) is 5.91 Å². The maximum absolute atomic E-state index is 11.6. The Morgan fingerprint density at radius 3 is 2.14 bits per heavy atom. The smallest absolute Gasteiger partial charge is 0.223 e. The first-order valence-electron chi connectivity index (χ1n) is 5.44. The fourth-order valence-electron chi connectivity index (χ4n) is 1.24. The van der Waals surface area contributed by atoms with Crippen LogP contribution in [0.1, 0.15) is 40.5 Å². The molecule has 1 amide bonds. The molecule has 0 spiro atoms. The molecule has 0 rings (SSSR count). The predicted octanol–water partition coefficient (Wildman–Crippen LogP) is 2.80. The van der Waals surface area contributed by atoms with Gasteiger partial charge in [-0.1, -0.05) is 27.7 Å². The second kappa shape index (κ2) is 7.10. The second-order valence-corrected chi connectivity index (χ2v) is 4.58. The van der Waals surface area contributed by atoms with E-state index in [4.69, 9.17) is 11.6 Å². The first-order chi connectivity index (χ1) is 6.52. The van der Waals surface area contributed by atoms with Crippen LogP contribution < -0.4 is 5.32 Å². The van der Waals surface area contributed by atoms with E-state index in [0.29, 0.717) is 12.5 Å². The molecular weight excluding hydrogens is 198 g/mol. The van der Waals surface area contributed by atoms with Gasteiger partial charge in [0.15, 0.2) is 0 Å². The minimum absolute atomic E-state index is 0.0355. The molecule has 1 unspecified atom stereocenters. The molecule has 0 aliphatic rings. The van der Waals surface area contributed by atoms with Crippen molar-refractivity contribution < 1.29 is 4.79 Å². The van der Waals surface area contributed by atoms with Crippen molar-refractivity contribution in [2.75, 3.05) is 6.54 Å². The Kier molecular flexibility index (Phi) is 6.98. The Labute approximate surface area is 92.4 Å².